The number of anilines is 2. The molecule has 1 aliphatic heterocycles. The molecule has 1 N–H and O–H groups in total. The van der Waals surface area contributed by atoms with Crippen LogP contribution in [0.2, 0.25) is 0 Å². The van der Waals surface area contributed by atoms with E-state index in [4.69, 9.17) is 14.2 Å². The zero-order chi connectivity index (χ0) is 19.9. The lowest BCUT2D eigenvalue weighted by Gasteiger charge is -2.29. The van der Waals surface area contributed by atoms with Gasteiger partial charge in [0.15, 0.2) is 11.5 Å². The normalized spacial score (nSPS) is 13.7. The third-order valence-electron chi connectivity index (χ3n) is 4.66. The third kappa shape index (κ3) is 4.46. The maximum absolute atomic E-state index is 12.9. The molecule has 1 fully saturated rings. The summed E-state index contributed by atoms with van der Waals surface area (Å²) in [6, 6.07) is 11.3. The van der Waals surface area contributed by atoms with Gasteiger partial charge in [0.05, 0.1) is 27.4 Å². The largest absolute Gasteiger partial charge is 0.493 e. The molecule has 0 aliphatic carbocycles. The van der Waals surface area contributed by atoms with E-state index in [2.05, 4.69) is 16.8 Å². The minimum atomic E-state index is -0.203. The summed E-state index contributed by atoms with van der Waals surface area (Å²) in [6.07, 6.45) is 2.35. The highest BCUT2D eigenvalue weighted by molar-refractivity contribution is 6.05. The third-order valence-corrected chi connectivity index (χ3v) is 4.66. The molecule has 148 valence electrons. The van der Waals surface area contributed by atoms with E-state index >= 15 is 0 Å². The summed E-state index contributed by atoms with van der Waals surface area (Å²) < 4.78 is 16.2. The van der Waals surface area contributed by atoms with Gasteiger partial charge >= 0.3 is 0 Å². The number of benzene rings is 2. The molecule has 1 amide bonds. The molecule has 2 aromatic carbocycles. The molecule has 0 bridgehead atoms. The summed E-state index contributed by atoms with van der Waals surface area (Å²) in [5, 5.41) is 2.98. The minimum absolute atomic E-state index is 0.203. The summed E-state index contributed by atoms with van der Waals surface area (Å²) in [7, 11) is 3.14. The highest BCUT2D eigenvalue weighted by Crippen LogP contribution is 2.33. The standard InChI is InChI=1S/C22H26N2O4/c1-4-6-16-13-17(14-20(26-2)21(16)27-3)22(25)23-18-7-5-8-19(15-18)24-9-11-28-12-10-24/h4-5,7-8,13-15H,1,6,9-12H2,2-3H3,(H,23,25). The molecule has 0 unspecified atom stereocenters. The summed E-state index contributed by atoms with van der Waals surface area (Å²) >= 11 is 0. The number of nitrogens with zero attached hydrogens (tertiary/aromatic N) is 1. The van der Waals surface area contributed by atoms with Crippen molar-refractivity contribution < 1.29 is 19.0 Å². The van der Waals surface area contributed by atoms with Crippen LogP contribution in [0.5, 0.6) is 11.5 Å². The quantitative estimate of drug-likeness (QED) is 0.743. The van der Waals surface area contributed by atoms with E-state index in [1.165, 1.54) is 0 Å². The van der Waals surface area contributed by atoms with Crippen LogP contribution in [-0.2, 0) is 11.2 Å². The van der Waals surface area contributed by atoms with Crippen LogP contribution in [0, 0.1) is 0 Å². The molecule has 0 atom stereocenters. The molecule has 28 heavy (non-hydrogen) atoms. The van der Waals surface area contributed by atoms with Crippen molar-refractivity contribution in [2.75, 3.05) is 50.7 Å². The minimum Gasteiger partial charge on any atom is -0.493 e. The maximum atomic E-state index is 12.9. The van der Waals surface area contributed by atoms with Gasteiger partial charge in [-0.3, -0.25) is 4.79 Å². The monoisotopic (exact) mass is 382 g/mol. The summed E-state index contributed by atoms with van der Waals surface area (Å²) in [6.45, 7) is 6.90. The summed E-state index contributed by atoms with van der Waals surface area (Å²) in [5.41, 5.74) is 3.17. The number of hydrogen-bond donors (Lipinski definition) is 1. The average molecular weight is 382 g/mol. The first kappa shape index (κ1) is 19.8. The van der Waals surface area contributed by atoms with Gasteiger partial charge in [0.1, 0.15) is 0 Å². The topological polar surface area (TPSA) is 60.0 Å². The molecule has 1 saturated heterocycles. The first-order valence-electron chi connectivity index (χ1n) is 9.26. The Morgan fingerprint density at radius 2 is 2.00 bits per heavy atom. The lowest BCUT2D eigenvalue weighted by atomic mass is 10.0. The van der Waals surface area contributed by atoms with Gasteiger partial charge in [-0.05, 0) is 36.8 Å². The van der Waals surface area contributed by atoms with Crippen LogP contribution in [0.15, 0.2) is 49.1 Å². The number of nitrogens with one attached hydrogen (secondary N) is 1. The number of ether oxygens (including phenoxy) is 3. The van der Waals surface area contributed by atoms with E-state index in [1.54, 1.807) is 26.4 Å². The Labute approximate surface area is 165 Å². The van der Waals surface area contributed by atoms with Crippen molar-refractivity contribution in [2.45, 2.75) is 6.42 Å². The fourth-order valence-electron chi connectivity index (χ4n) is 3.29. The van der Waals surface area contributed by atoms with Crippen molar-refractivity contribution in [3.63, 3.8) is 0 Å². The number of hydrogen-bond acceptors (Lipinski definition) is 5. The Morgan fingerprint density at radius 3 is 2.68 bits per heavy atom. The summed E-state index contributed by atoms with van der Waals surface area (Å²) in [5.74, 6) is 0.938. The number of rotatable bonds is 7. The van der Waals surface area contributed by atoms with Gasteiger partial charge in [0.2, 0.25) is 0 Å². The van der Waals surface area contributed by atoms with E-state index in [-0.39, 0.29) is 5.91 Å². The first-order chi connectivity index (χ1) is 13.7. The van der Waals surface area contributed by atoms with Gasteiger partial charge in [0, 0.05) is 35.6 Å². The van der Waals surface area contributed by atoms with Crippen LogP contribution in [0.1, 0.15) is 15.9 Å². The van der Waals surface area contributed by atoms with Gasteiger partial charge in [-0.2, -0.15) is 0 Å². The Kier molecular flexibility index (Phi) is 6.55. The molecule has 2 aromatic rings. The van der Waals surface area contributed by atoms with Crippen LogP contribution in [-0.4, -0.2) is 46.4 Å². The van der Waals surface area contributed by atoms with Crippen LogP contribution in [0.25, 0.3) is 0 Å². The average Bonchev–Trinajstić information content (AvgIpc) is 2.74. The molecule has 6 nitrogen and oxygen atoms in total. The van der Waals surface area contributed by atoms with Crippen molar-refractivity contribution in [2.24, 2.45) is 0 Å². The number of amides is 1. The van der Waals surface area contributed by atoms with Crippen LogP contribution >= 0.6 is 0 Å². The Morgan fingerprint density at radius 1 is 1.21 bits per heavy atom. The molecular formula is C22H26N2O4. The molecule has 0 saturated carbocycles. The van der Waals surface area contributed by atoms with Crippen LogP contribution in [0.4, 0.5) is 11.4 Å². The van der Waals surface area contributed by atoms with E-state index in [1.807, 2.05) is 30.3 Å². The smallest absolute Gasteiger partial charge is 0.255 e. The predicted molar refractivity (Wildman–Crippen MR) is 111 cm³/mol. The van der Waals surface area contributed by atoms with Crippen molar-refractivity contribution in [1.29, 1.82) is 0 Å². The van der Waals surface area contributed by atoms with Crippen LogP contribution < -0.4 is 19.7 Å². The fourth-order valence-corrected chi connectivity index (χ4v) is 3.29. The zero-order valence-corrected chi connectivity index (χ0v) is 16.4. The van der Waals surface area contributed by atoms with E-state index in [9.17, 15) is 4.79 Å². The number of allylic oxidation sites excluding steroid dienone is 1. The van der Waals surface area contributed by atoms with E-state index in [0.29, 0.717) is 36.7 Å². The number of carbonyl (C=O) groups excluding carboxylic acids is 1. The van der Waals surface area contributed by atoms with E-state index in [0.717, 1.165) is 30.0 Å². The van der Waals surface area contributed by atoms with Gasteiger partial charge in [0.25, 0.3) is 5.91 Å². The molecular weight excluding hydrogens is 356 g/mol. The van der Waals surface area contributed by atoms with Crippen molar-refractivity contribution in [3.05, 3.63) is 60.2 Å². The van der Waals surface area contributed by atoms with Gasteiger partial charge in [-0.15, -0.1) is 6.58 Å². The molecule has 6 heteroatoms. The molecule has 0 radical (unpaired) electrons. The van der Waals surface area contributed by atoms with E-state index < -0.39 is 0 Å². The Hall–Kier alpha value is -2.99. The van der Waals surface area contributed by atoms with Crippen molar-refractivity contribution in [3.8, 4) is 11.5 Å². The van der Waals surface area contributed by atoms with Gasteiger partial charge in [-0.1, -0.05) is 12.1 Å². The molecule has 1 heterocycles. The lowest BCUT2D eigenvalue weighted by Crippen LogP contribution is -2.36. The summed E-state index contributed by atoms with van der Waals surface area (Å²) in [4.78, 5) is 15.1. The molecule has 0 spiro atoms. The van der Waals surface area contributed by atoms with Crippen molar-refractivity contribution in [1.82, 2.24) is 0 Å². The Bertz CT molecular complexity index is 844. The fraction of sp³-hybridized carbons (Fsp3) is 0.318. The Balaban J connectivity index is 1.82. The number of methoxy groups -OCH3 is 2. The highest BCUT2D eigenvalue weighted by Gasteiger charge is 2.17. The predicted octanol–water partition coefficient (Wildman–Crippen LogP) is 3.52. The van der Waals surface area contributed by atoms with Crippen LogP contribution in [0.3, 0.4) is 0 Å². The molecule has 3 rings (SSSR count). The second-order valence-electron chi connectivity index (χ2n) is 6.47. The number of morpholine rings is 1. The zero-order valence-electron chi connectivity index (χ0n) is 16.4. The highest BCUT2D eigenvalue weighted by atomic mass is 16.5. The second kappa shape index (κ2) is 9.28. The maximum Gasteiger partial charge on any atom is 0.255 e. The second-order valence-corrected chi connectivity index (χ2v) is 6.47. The van der Waals surface area contributed by atoms with Gasteiger partial charge < -0.3 is 24.4 Å². The van der Waals surface area contributed by atoms with Crippen molar-refractivity contribution >= 4 is 17.3 Å². The number of carbonyl (C=O) groups is 1. The molecule has 0 aromatic heterocycles. The first-order valence-corrected chi connectivity index (χ1v) is 9.26. The SMILES string of the molecule is C=CCc1cc(C(=O)Nc2cccc(N3CCOCC3)c2)cc(OC)c1OC. The van der Waals surface area contributed by atoms with Gasteiger partial charge in [-0.25, -0.2) is 0 Å². The lowest BCUT2D eigenvalue weighted by molar-refractivity contribution is 0.102. The molecule has 1 aliphatic rings.